The second kappa shape index (κ2) is 10.7. The molecule has 3 atom stereocenters. The Balaban J connectivity index is 2.10. The molecule has 0 aliphatic heterocycles. The van der Waals surface area contributed by atoms with Crippen molar-refractivity contribution in [2.24, 2.45) is 0 Å². The van der Waals surface area contributed by atoms with Gasteiger partial charge in [-0.1, -0.05) is 38.1 Å². The first-order chi connectivity index (χ1) is 14.4. The van der Waals surface area contributed by atoms with Gasteiger partial charge in [-0.3, -0.25) is 0 Å². The molecule has 2 aromatic rings. The van der Waals surface area contributed by atoms with Crippen LogP contribution in [0.4, 0.5) is 0 Å². The fraction of sp³-hybridized carbons (Fsp3) is 0.520. The zero-order valence-corrected chi connectivity index (χ0v) is 20.0. The normalized spacial score (nSPS) is 15.3. The Labute approximate surface area is 190 Å². The van der Waals surface area contributed by atoms with Crippen LogP contribution >= 0.6 is 11.6 Å². The highest BCUT2D eigenvalue weighted by atomic mass is 35.5. The van der Waals surface area contributed by atoms with Crippen LogP contribution in [0.25, 0.3) is 0 Å². The van der Waals surface area contributed by atoms with Crippen LogP contribution in [0.1, 0.15) is 52.7 Å². The number of alkyl halides is 1. The quantitative estimate of drug-likeness (QED) is 0.398. The highest BCUT2D eigenvalue weighted by Gasteiger charge is 2.26. The summed E-state index contributed by atoms with van der Waals surface area (Å²) in [7, 11) is 0. The van der Waals surface area contributed by atoms with E-state index in [4.69, 9.17) is 25.8 Å². The van der Waals surface area contributed by atoms with Crippen molar-refractivity contribution in [2.75, 3.05) is 12.5 Å². The highest BCUT2D eigenvalue weighted by molar-refractivity contribution is 6.18. The summed E-state index contributed by atoms with van der Waals surface area (Å²) in [5, 5.41) is 19.5. The Kier molecular flexibility index (Phi) is 8.78. The highest BCUT2D eigenvalue weighted by Crippen LogP contribution is 2.33. The van der Waals surface area contributed by atoms with Gasteiger partial charge in [0.05, 0.1) is 11.5 Å². The summed E-state index contributed by atoms with van der Waals surface area (Å²) in [6.45, 7) is 11.9. The van der Waals surface area contributed by atoms with E-state index in [1.165, 1.54) is 0 Å². The van der Waals surface area contributed by atoms with Crippen molar-refractivity contribution < 1.29 is 24.4 Å². The van der Waals surface area contributed by atoms with Crippen molar-refractivity contribution in [1.82, 2.24) is 0 Å². The monoisotopic (exact) mass is 450 g/mol. The van der Waals surface area contributed by atoms with Gasteiger partial charge in [0.25, 0.3) is 0 Å². The van der Waals surface area contributed by atoms with Crippen molar-refractivity contribution in [3.8, 4) is 11.5 Å². The number of halogens is 1. The maximum Gasteiger partial charge on any atom is 0.226 e. The largest absolute Gasteiger partial charge is 0.491 e. The summed E-state index contributed by atoms with van der Waals surface area (Å²) in [6.07, 6.45) is -2.19. The maximum absolute atomic E-state index is 9.99. The molecule has 0 amide bonds. The fourth-order valence-electron chi connectivity index (χ4n) is 3.03. The molecule has 0 saturated heterocycles. The van der Waals surface area contributed by atoms with E-state index in [-0.39, 0.29) is 17.9 Å². The van der Waals surface area contributed by atoms with Gasteiger partial charge >= 0.3 is 0 Å². The molecular weight excluding hydrogens is 416 g/mol. The molecule has 0 fully saturated rings. The minimum Gasteiger partial charge on any atom is -0.491 e. The average molecular weight is 451 g/mol. The molecule has 3 unspecified atom stereocenters. The molecule has 172 valence electrons. The standard InChI is InChI=1S/C25H35ClO5/c1-17(27)23(31-24(2,3)4)30-22-13-9-19(10-14-22)25(5,6)18-7-11-21(12-8-18)29-16-20(28)15-26/h7-14,17,20,23,27-28H,15-16H2,1-6H3. The van der Waals surface area contributed by atoms with Crippen molar-refractivity contribution in [2.45, 2.75) is 71.1 Å². The molecule has 0 heterocycles. The van der Waals surface area contributed by atoms with Crippen LogP contribution in [0.5, 0.6) is 11.5 Å². The smallest absolute Gasteiger partial charge is 0.226 e. The maximum atomic E-state index is 9.99. The van der Waals surface area contributed by atoms with Gasteiger partial charge in [0.1, 0.15) is 30.3 Å². The van der Waals surface area contributed by atoms with Crippen LogP contribution in [0, 0.1) is 0 Å². The first-order valence-corrected chi connectivity index (χ1v) is 11.1. The van der Waals surface area contributed by atoms with E-state index in [9.17, 15) is 10.2 Å². The third-order valence-electron chi connectivity index (χ3n) is 4.89. The van der Waals surface area contributed by atoms with Crippen LogP contribution in [0.2, 0.25) is 0 Å². The van der Waals surface area contributed by atoms with Gasteiger partial charge in [-0.15, -0.1) is 11.6 Å². The molecule has 2 N–H and O–H groups in total. The van der Waals surface area contributed by atoms with Gasteiger partial charge in [-0.25, -0.2) is 0 Å². The van der Waals surface area contributed by atoms with Crippen LogP contribution in [-0.2, 0) is 10.2 Å². The first-order valence-electron chi connectivity index (χ1n) is 10.5. The Bertz CT molecular complexity index is 794. The van der Waals surface area contributed by atoms with Crippen LogP contribution < -0.4 is 9.47 Å². The SMILES string of the molecule is CC(O)C(Oc1ccc(C(C)(C)c2ccc(OCC(O)CCl)cc2)cc1)OC(C)(C)C. The fourth-order valence-corrected chi connectivity index (χ4v) is 3.11. The summed E-state index contributed by atoms with van der Waals surface area (Å²) in [5.74, 6) is 1.47. The van der Waals surface area contributed by atoms with Crippen LogP contribution in [0.15, 0.2) is 48.5 Å². The topological polar surface area (TPSA) is 68.2 Å². The number of hydrogen-bond donors (Lipinski definition) is 2. The molecule has 0 aliphatic carbocycles. The van der Waals surface area contributed by atoms with Crippen molar-refractivity contribution in [3.05, 3.63) is 59.7 Å². The molecule has 0 aromatic heterocycles. The summed E-state index contributed by atoms with van der Waals surface area (Å²) in [4.78, 5) is 0. The zero-order valence-electron chi connectivity index (χ0n) is 19.3. The molecule has 0 saturated carbocycles. The van der Waals surface area contributed by atoms with E-state index in [0.29, 0.717) is 11.5 Å². The van der Waals surface area contributed by atoms with E-state index in [2.05, 4.69) is 13.8 Å². The Hall–Kier alpha value is -1.79. The molecule has 2 aromatic carbocycles. The number of hydrogen-bond acceptors (Lipinski definition) is 5. The van der Waals surface area contributed by atoms with Gasteiger partial charge < -0.3 is 24.4 Å². The molecule has 2 rings (SSSR count). The zero-order chi connectivity index (χ0) is 23.2. The number of aliphatic hydroxyl groups excluding tert-OH is 2. The average Bonchev–Trinajstić information content (AvgIpc) is 2.71. The lowest BCUT2D eigenvalue weighted by molar-refractivity contribution is -0.192. The molecule has 0 aliphatic rings. The number of benzene rings is 2. The summed E-state index contributed by atoms with van der Waals surface area (Å²) < 4.78 is 17.2. The van der Waals surface area contributed by atoms with Crippen LogP contribution in [-0.4, -0.2) is 46.8 Å². The lowest BCUT2D eigenvalue weighted by atomic mass is 9.78. The van der Waals surface area contributed by atoms with Gasteiger partial charge in [-0.2, -0.15) is 0 Å². The van der Waals surface area contributed by atoms with E-state index in [1.807, 2.05) is 69.3 Å². The molecule has 0 spiro atoms. The van der Waals surface area contributed by atoms with E-state index in [1.54, 1.807) is 6.92 Å². The lowest BCUT2D eigenvalue weighted by Crippen LogP contribution is -2.38. The van der Waals surface area contributed by atoms with E-state index >= 15 is 0 Å². The molecule has 6 heteroatoms. The Morgan fingerprint density at radius 2 is 1.32 bits per heavy atom. The predicted molar refractivity (Wildman–Crippen MR) is 124 cm³/mol. The summed E-state index contributed by atoms with van der Waals surface area (Å²) in [5.41, 5.74) is 1.58. The van der Waals surface area contributed by atoms with Crippen molar-refractivity contribution >= 4 is 11.6 Å². The molecule has 5 nitrogen and oxygen atoms in total. The first kappa shape index (κ1) is 25.5. The van der Waals surface area contributed by atoms with E-state index < -0.39 is 24.1 Å². The summed E-state index contributed by atoms with van der Waals surface area (Å²) >= 11 is 5.60. The second-order valence-corrected chi connectivity index (χ2v) is 9.56. The molecule has 31 heavy (non-hydrogen) atoms. The lowest BCUT2D eigenvalue weighted by Gasteiger charge is -2.30. The molecule has 0 bridgehead atoms. The Morgan fingerprint density at radius 3 is 1.74 bits per heavy atom. The Morgan fingerprint density at radius 1 is 0.839 bits per heavy atom. The predicted octanol–water partition coefficient (Wildman–Crippen LogP) is 4.89. The van der Waals surface area contributed by atoms with Gasteiger partial charge in [0.2, 0.25) is 6.29 Å². The van der Waals surface area contributed by atoms with Crippen molar-refractivity contribution in [3.63, 3.8) is 0 Å². The summed E-state index contributed by atoms with van der Waals surface area (Å²) in [6, 6.07) is 15.7. The number of rotatable bonds is 10. The van der Waals surface area contributed by atoms with Gasteiger partial charge in [-0.05, 0) is 63.1 Å². The van der Waals surface area contributed by atoms with Crippen LogP contribution in [0.3, 0.4) is 0 Å². The molecule has 0 radical (unpaired) electrons. The number of aliphatic hydroxyl groups is 2. The van der Waals surface area contributed by atoms with E-state index in [0.717, 1.165) is 11.1 Å². The third kappa shape index (κ3) is 7.69. The third-order valence-corrected chi connectivity index (χ3v) is 5.24. The minimum absolute atomic E-state index is 0.144. The minimum atomic E-state index is -0.762. The van der Waals surface area contributed by atoms with Gasteiger partial charge in [0.15, 0.2) is 0 Å². The van der Waals surface area contributed by atoms with Crippen molar-refractivity contribution in [1.29, 1.82) is 0 Å². The molecular formula is C25H35ClO5. The number of ether oxygens (including phenoxy) is 3. The second-order valence-electron chi connectivity index (χ2n) is 9.25. The van der Waals surface area contributed by atoms with Gasteiger partial charge in [0, 0.05) is 5.41 Å².